The van der Waals surface area contributed by atoms with Crippen molar-refractivity contribution in [3.05, 3.63) is 41.4 Å². The Hall–Kier alpha value is -0.210. The molecule has 0 spiro atoms. The van der Waals surface area contributed by atoms with E-state index in [1.807, 2.05) is 24.3 Å². The first kappa shape index (κ1) is 10.9. The Morgan fingerprint density at radius 3 is 2.54 bits per heavy atom. The molecule has 0 saturated carbocycles. The van der Waals surface area contributed by atoms with E-state index in [1.165, 1.54) is 0 Å². The van der Waals surface area contributed by atoms with Crippen molar-refractivity contribution < 1.29 is 34.7 Å². The van der Waals surface area contributed by atoms with Gasteiger partial charge in [-0.05, 0) is 17.5 Å². The minimum atomic E-state index is 0. The number of phenols is 1. The fourth-order valence-electron chi connectivity index (χ4n) is 1.25. The average Bonchev–Trinajstić information content (AvgIpc) is 2.04. The van der Waals surface area contributed by atoms with Crippen LogP contribution in [0, 0.1) is 0 Å². The van der Waals surface area contributed by atoms with Gasteiger partial charge in [0.1, 0.15) is 5.75 Å². The minimum Gasteiger partial charge on any atom is -0.508 e. The van der Waals surface area contributed by atoms with Gasteiger partial charge in [0, 0.05) is 5.39 Å². The van der Waals surface area contributed by atoms with Crippen LogP contribution < -0.4 is 29.6 Å². The quantitative estimate of drug-likeness (QED) is 0.604. The van der Waals surface area contributed by atoms with Crippen LogP contribution in [0.15, 0.2) is 36.4 Å². The summed E-state index contributed by atoms with van der Waals surface area (Å²) < 4.78 is 0. The van der Waals surface area contributed by atoms with E-state index in [0.717, 1.165) is 10.8 Å². The van der Waals surface area contributed by atoms with E-state index in [0.29, 0.717) is 5.02 Å². The van der Waals surface area contributed by atoms with Gasteiger partial charge in [-0.3, -0.25) is 0 Å². The molecule has 60 valence electrons. The molecule has 0 saturated heterocycles. The zero-order valence-corrected chi connectivity index (χ0v) is 10.0. The number of benzene rings is 2. The molecule has 0 unspecified atom stereocenters. The number of aromatic hydroxyl groups is 1. The molecule has 0 bridgehead atoms. The van der Waals surface area contributed by atoms with E-state index in [1.54, 1.807) is 12.1 Å². The fraction of sp³-hybridized carbons (Fsp3) is 0. The SMILES string of the molecule is Oc1cc(Cl)c2ccccc2c1.[Na+]. The molecule has 0 aliphatic rings. The van der Waals surface area contributed by atoms with E-state index < -0.39 is 0 Å². The average molecular weight is 202 g/mol. The van der Waals surface area contributed by atoms with Crippen molar-refractivity contribution in [1.82, 2.24) is 0 Å². The zero-order valence-electron chi connectivity index (χ0n) is 7.29. The molecule has 0 heterocycles. The smallest absolute Gasteiger partial charge is 0.508 e. The van der Waals surface area contributed by atoms with Gasteiger partial charge in [-0.15, -0.1) is 0 Å². The maximum atomic E-state index is 9.23. The van der Waals surface area contributed by atoms with Crippen LogP contribution in [0.2, 0.25) is 5.02 Å². The molecule has 2 aromatic carbocycles. The summed E-state index contributed by atoms with van der Waals surface area (Å²) in [5.41, 5.74) is 0. The van der Waals surface area contributed by atoms with Crippen molar-refractivity contribution in [2.75, 3.05) is 0 Å². The third kappa shape index (κ3) is 2.18. The Balaban J connectivity index is 0.000000845. The van der Waals surface area contributed by atoms with Crippen LogP contribution >= 0.6 is 11.6 Å². The molecule has 1 nitrogen and oxygen atoms in total. The van der Waals surface area contributed by atoms with Crippen molar-refractivity contribution >= 4 is 22.4 Å². The Bertz CT molecular complexity index is 428. The van der Waals surface area contributed by atoms with Gasteiger partial charge in [0.2, 0.25) is 0 Å². The summed E-state index contributed by atoms with van der Waals surface area (Å²) in [4.78, 5) is 0. The van der Waals surface area contributed by atoms with Gasteiger partial charge in [0.15, 0.2) is 0 Å². The van der Waals surface area contributed by atoms with E-state index in [9.17, 15) is 5.11 Å². The van der Waals surface area contributed by atoms with Crippen LogP contribution in [0.25, 0.3) is 10.8 Å². The van der Waals surface area contributed by atoms with Crippen molar-refractivity contribution in [3.8, 4) is 5.75 Å². The molecule has 3 heteroatoms. The number of rotatable bonds is 0. The fourth-order valence-corrected chi connectivity index (χ4v) is 1.53. The van der Waals surface area contributed by atoms with Crippen LogP contribution in [-0.4, -0.2) is 5.11 Å². The minimum absolute atomic E-state index is 0. The number of phenolic OH excluding ortho intramolecular Hbond substituents is 1. The van der Waals surface area contributed by atoms with Crippen LogP contribution in [0.4, 0.5) is 0 Å². The van der Waals surface area contributed by atoms with Gasteiger partial charge in [-0.1, -0.05) is 35.9 Å². The van der Waals surface area contributed by atoms with Crippen molar-refractivity contribution in [3.63, 3.8) is 0 Å². The summed E-state index contributed by atoms with van der Waals surface area (Å²) in [5, 5.41) is 11.7. The van der Waals surface area contributed by atoms with Crippen LogP contribution in [-0.2, 0) is 0 Å². The number of fused-ring (bicyclic) bond motifs is 1. The molecule has 0 aromatic heterocycles. The van der Waals surface area contributed by atoms with Crippen LogP contribution in [0.3, 0.4) is 0 Å². The molecule has 13 heavy (non-hydrogen) atoms. The molecule has 0 fully saturated rings. The maximum absolute atomic E-state index is 9.23. The Morgan fingerprint density at radius 1 is 1.08 bits per heavy atom. The van der Waals surface area contributed by atoms with E-state index in [-0.39, 0.29) is 35.3 Å². The molecule has 2 rings (SSSR count). The van der Waals surface area contributed by atoms with Crippen molar-refractivity contribution in [2.24, 2.45) is 0 Å². The molecule has 1 N–H and O–H groups in total. The third-order valence-corrected chi connectivity index (χ3v) is 2.11. The van der Waals surface area contributed by atoms with Gasteiger partial charge in [0.25, 0.3) is 0 Å². The number of halogens is 1. The number of hydrogen-bond donors (Lipinski definition) is 1. The van der Waals surface area contributed by atoms with Gasteiger partial charge in [0.05, 0.1) is 5.02 Å². The van der Waals surface area contributed by atoms with Gasteiger partial charge in [-0.2, -0.15) is 0 Å². The summed E-state index contributed by atoms with van der Waals surface area (Å²) in [6.45, 7) is 0. The largest absolute Gasteiger partial charge is 1.00 e. The first-order valence-electron chi connectivity index (χ1n) is 3.64. The Labute approximate surface area is 104 Å². The standard InChI is InChI=1S/C10H7ClO.Na/c11-10-6-8(12)5-7-3-1-2-4-9(7)10;/h1-6,12H;/q;+1. The molecule has 0 atom stereocenters. The summed E-state index contributed by atoms with van der Waals surface area (Å²) in [7, 11) is 0. The molecule has 0 aliphatic carbocycles. The first-order valence-corrected chi connectivity index (χ1v) is 4.02. The molecular weight excluding hydrogens is 195 g/mol. The van der Waals surface area contributed by atoms with Gasteiger partial charge in [-0.25, -0.2) is 0 Å². The van der Waals surface area contributed by atoms with Crippen LogP contribution in [0.5, 0.6) is 5.75 Å². The Kier molecular flexibility index (Phi) is 3.63. The normalized spacial score (nSPS) is 9.62. The van der Waals surface area contributed by atoms with Gasteiger partial charge >= 0.3 is 29.6 Å². The maximum Gasteiger partial charge on any atom is 1.00 e. The summed E-state index contributed by atoms with van der Waals surface area (Å²) in [5.74, 6) is 0.207. The second-order valence-corrected chi connectivity index (χ2v) is 3.06. The summed E-state index contributed by atoms with van der Waals surface area (Å²) in [6, 6.07) is 10.9. The monoisotopic (exact) mass is 201 g/mol. The number of hydrogen-bond acceptors (Lipinski definition) is 1. The van der Waals surface area contributed by atoms with Crippen molar-refractivity contribution in [1.29, 1.82) is 0 Å². The van der Waals surface area contributed by atoms with Crippen molar-refractivity contribution in [2.45, 2.75) is 0 Å². The summed E-state index contributed by atoms with van der Waals surface area (Å²) in [6.07, 6.45) is 0. The summed E-state index contributed by atoms with van der Waals surface area (Å²) >= 11 is 5.90. The topological polar surface area (TPSA) is 20.2 Å². The predicted molar refractivity (Wildman–Crippen MR) is 50.6 cm³/mol. The molecule has 2 aromatic rings. The van der Waals surface area contributed by atoms with E-state index in [4.69, 9.17) is 11.6 Å². The molecule has 0 amide bonds. The zero-order chi connectivity index (χ0) is 8.55. The first-order chi connectivity index (χ1) is 5.77. The second-order valence-electron chi connectivity index (χ2n) is 2.65. The van der Waals surface area contributed by atoms with Gasteiger partial charge < -0.3 is 5.11 Å². The van der Waals surface area contributed by atoms with E-state index in [2.05, 4.69) is 0 Å². The van der Waals surface area contributed by atoms with E-state index >= 15 is 0 Å². The molecule has 0 radical (unpaired) electrons. The third-order valence-electron chi connectivity index (χ3n) is 1.80. The molecule has 0 aliphatic heterocycles. The van der Waals surface area contributed by atoms with Crippen LogP contribution in [0.1, 0.15) is 0 Å². The Morgan fingerprint density at radius 2 is 1.77 bits per heavy atom. The predicted octanol–water partition coefficient (Wildman–Crippen LogP) is 0.203. The second kappa shape index (κ2) is 4.34. The molecular formula is C10H7ClNaO+.